The zero-order valence-electron chi connectivity index (χ0n) is 24.7. The SMILES string of the molecule is C[C@H](CC(=O)C(C)(F)F)[C@H](Oc1ccc2c(cnn2-c2cccc(C(=O)NC3CCCC3)c2)c1)c1ccc2c(c1)OCCO2. The van der Waals surface area contributed by atoms with Crippen molar-refractivity contribution in [3.05, 3.63) is 78.0 Å². The fraction of sp³-hybridized carbons (Fsp3) is 0.382. The van der Waals surface area contributed by atoms with Crippen molar-refractivity contribution in [3.63, 3.8) is 0 Å². The maximum Gasteiger partial charge on any atom is 0.302 e. The van der Waals surface area contributed by atoms with Gasteiger partial charge in [0, 0.05) is 36.3 Å². The second-order valence-corrected chi connectivity index (χ2v) is 11.7. The molecule has 2 atom stereocenters. The van der Waals surface area contributed by atoms with E-state index >= 15 is 0 Å². The largest absolute Gasteiger partial charge is 0.486 e. The van der Waals surface area contributed by atoms with E-state index in [2.05, 4.69) is 10.4 Å². The molecule has 1 saturated carbocycles. The van der Waals surface area contributed by atoms with Crippen molar-refractivity contribution < 1.29 is 32.6 Å². The van der Waals surface area contributed by atoms with Crippen molar-refractivity contribution in [1.82, 2.24) is 15.1 Å². The van der Waals surface area contributed by atoms with Crippen LogP contribution in [0.1, 0.15) is 68.0 Å². The van der Waals surface area contributed by atoms with E-state index in [-0.39, 0.29) is 18.4 Å². The first-order chi connectivity index (χ1) is 21.2. The predicted octanol–water partition coefficient (Wildman–Crippen LogP) is 6.84. The smallest absolute Gasteiger partial charge is 0.302 e. The molecule has 44 heavy (non-hydrogen) atoms. The summed E-state index contributed by atoms with van der Waals surface area (Å²) in [5, 5.41) is 8.48. The molecule has 2 heterocycles. The molecule has 1 amide bonds. The molecule has 1 fully saturated rings. The molecule has 0 radical (unpaired) electrons. The van der Waals surface area contributed by atoms with E-state index in [1.54, 1.807) is 48.1 Å². The molecule has 1 aliphatic heterocycles. The van der Waals surface area contributed by atoms with Crippen molar-refractivity contribution in [2.75, 3.05) is 13.2 Å². The fourth-order valence-electron chi connectivity index (χ4n) is 5.88. The van der Waals surface area contributed by atoms with E-state index in [9.17, 15) is 18.4 Å². The Morgan fingerprint density at radius 1 is 1.05 bits per heavy atom. The number of halogens is 2. The molecule has 1 N–H and O–H groups in total. The first-order valence-corrected chi connectivity index (χ1v) is 15.0. The zero-order valence-corrected chi connectivity index (χ0v) is 24.7. The van der Waals surface area contributed by atoms with Crippen LogP contribution in [-0.4, -0.2) is 46.6 Å². The minimum absolute atomic E-state index is 0.0930. The minimum atomic E-state index is -3.44. The maximum absolute atomic E-state index is 13.8. The maximum atomic E-state index is 13.8. The molecule has 230 valence electrons. The third-order valence-corrected chi connectivity index (χ3v) is 8.25. The van der Waals surface area contributed by atoms with Gasteiger partial charge >= 0.3 is 5.92 Å². The molecular formula is C34H35F2N3O5. The Morgan fingerprint density at radius 2 is 1.82 bits per heavy atom. The second kappa shape index (κ2) is 12.3. The molecule has 2 aliphatic rings. The second-order valence-electron chi connectivity index (χ2n) is 11.7. The summed E-state index contributed by atoms with van der Waals surface area (Å²) in [5.41, 5.74) is 2.80. The molecule has 0 spiro atoms. The topological polar surface area (TPSA) is 91.7 Å². The lowest BCUT2D eigenvalue weighted by atomic mass is 9.91. The Kier molecular flexibility index (Phi) is 8.25. The van der Waals surface area contributed by atoms with Crippen LogP contribution in [0, 0.1) is 5.92 Å². The van der Waals surface area contributed by atoms with Gasteiger partial charge in [-0.25, -0.2) is 4.68 Å². The fourth-order valence-corrected chi connectivity index (χ4v) is 5.88. The number of carbonyl (C=O) groups excluding carboxylic acids is 2. The summed E-state index contributed by atoms with van der Waals surface area (Å²) in [6.07, 6.45) is 4.91. The number of amides is 1. The Bertz CT molecular complexity index is 1680. The number of hydrogen-bond acceptors (Lipinski definition) is 6. The Morgan fingerprint density at radius 3 is 2.59 bits per heavy atom. The van der Waals surface area contributed by atoms with Crippen LogP contribution in [0.25, 0.3) is 16.6 Å². The molecule has 0 bridgehead atoms. The summed E-state index contributed by atoms with van der Waals surface area (Å²) in [6.45, 7) is 3.17. The highest BCUT2D eigenvalue weighted by atomic mass is 19.3. The van der Waals surface area contributed by atoms with E-state index in [0.29, 0.717) is 48.5 Å². The Labute approximate surface area is 254 Å². The van der Waals surface area contributed by atoms with Crippen LogP contribution in [0.15, 0.2) is 66.9 Å². The van der Waals surface area contributed by atoms with E-state index < -0.39 is 23.7 Å². The van der Waals surface area contributed by atoms with Crippen LogP contribution in [-0.2, 0) is 4.79 Å². The number of rotatable bonds is 10. The number of fused-ring (bicyclic) bond motifs is 2. The van der Waals surface area contributed by atoms with Crippen LogP contribution < -0.4 is 19.5 Å². The number of hydrogen-bond donors (Lipinski definition) is 1. The molecule has 4 aromatic rings. The van der Waals surface area contributed by atoms with Crippen molar-refractivity contribution in [1.29, 1.82) is 0 Å². The molecular weight excluding hydrogens is 568 g/mol. The molecule has 1 aromatic heterocycles. The summed E-state index contributed by atoms with van der Waals surface area (Å²) in [7, 11) is 0. The van der Waals surface area contributed by atoms with Gasteiger partial charge in [-0.15, -0.1) is 0 Å². The number of ketones is 1. The van der Waals surface area contributed by atoms with Crippen LogP contribution >= 0.6 is 0 Å². The van der Waals surface area contributed by atoms with E-state index in [0.717, 1.165) is 42.3 Å². The highest BCUT2D eigenvalue weighted by molar-refractivity contribution is 5.95. The Balaban J connectivity index is 1.26. The molecule has 6 rings (SSSR count). The normalized spacial score (nSPS) is 16.5. The lowest BCUT2D eigenvalue weighted by Gasteiger charge is -2.27. The highest BCUT2D eigenvalue weighted by Gasteiger charge is 2.35. The minimum Gasteiger partial charge on any atom is -0.486 e. The third kappa shape index (κ3) is 6.39. The van der Waals surface area contributed by atoms with Crippen LogP contribution in [0.5, 0.6) is 17.2 Å². The summed E-state index contributed by atoms with van der Waals surface area (Å²) in [4.78, 5) is 25.1. The number of benzene rings is 3. The number of carbonyl (C=O) groups is 2. The van der Waals surface area contributed by atoms with Gasteiger partial charge in [0.1, 0.15) is 25.1 Å². The predicted molar refractivity (Wildman–Crippen MR) is 161 cm³/mol. The van der Waals surface area contributed by atoms with E-state index in [1.807, 2.05) is 30.3 Å². The summed E-state index contributed by atoms with van der Waals surface area (Å²) >= 11 is 0. The first-order valence-electron chi connectivity index (χ1n) is 15.0. The number of alkyl halides is 2. The van der Waals surface area contributed by atoms with Gasteiger partial charge in [-0.1, -0.05) is 31.9 Å². The lowest BCUT2D eigenvalue weighted by Crippen LogP contribution is -2.32. The number of aromatic nitrogens is 2. The van der Waals surface area contributed by atoms with Gasteiger partial charge in [0.15, 0.2) is 11.5 Å². The van der Waals surface area contributed by atoms with Gasteiger partial charge < -0.3 is 19.5 Å². The Hall–Kier alpha value is -4.47. The van der Waals surface area contributed by atoms with Crippen molar-refractivity contribution in [3.8, 4) is 22.9 Å². The zero-order chi connectivity index (χ0) is 30.8. The van der Waals surface area contributed by atoms with Crippen LogP contribution in [0.3, 0.4) is 0 Å². The summed E-state index contributed by atoms with van der Waals surface area (Å²) < 4.78 is 47.2. The molecule has 1 aliphatic carbocycles. The van der Waals surface area contributed by atoms with Gasteiger partial charge in [0.05, 0.1) is 17.4 Å². The van der Waals surface area contributed by atoms with Crippen molar-refractivity contribution in [2.24, 2.45) is 5.92 Å². The highest BCUT2D eigenvalue weighted by Crippen LogP contribution is 2.38. The number of nitrogens with zero attached hydrogens (tertiary/aromatic N) is 2. The van der Waals surface area contributed by atoms with E-state index in [4.69, 9.17) is 14.2 Å². The average Bonchev–Trinajstić information content (AvgIpc) is 3.69. The van der Waals surface area contributed by atoms with Gasteiger partial charge in [-0.3, -0.25) is 9.59 Å². The van der Waals surface area contributed by atoms with Gasteiger partial charge in [-0.05, 0) is 66.9 Å². The lowest BCUT2D eigenvalue weighted by molar-refractivity contribution is -0.142. The molecule has 0 unspecified atom stereocenters. The molecule has 3 aromatic carbocycles. The molecule has 0 saturated heterocycles. The molecule has 8 nitrogen and oxygen atoms in total. The molecule has 10 heteroatoms. The standard InChI is InChI=1S/C34H35F2N3O5/c1-21(16-31(40)34(2,35)36)32(22-10-13-29-30(19-22)43-15-14-42-29)44-27-11-12-28-24(18-27)20-37-39(28)26-9-5-6-23(17-26)33(41)38-25-7-3-4-8-25/h5-6,9-13,17-21,25,32H,3-4,7-8,14-16H2,1-2H3,(H,38,41)/t21-,32+/m1/s1. The van der Waals surface area contributed by atoms with Crippen LogP contribution in [0.4, 0.5) is 8.78 Å². The van der Waals surface area contributed by atoms with Gasteiger partial charge in [0.25, 0.3) is 5.91 Å². The average molecular weight is 604 g/mol. The van der Waals surface area contributed by atoms with Crippen LogP contribution in [0.2, 0.25) is 0 Å². The van der Waals surface area contributed by atoms with Crippen molar-refractivity contribution >= 4 is 22.6 Å². The van der Waals surface area contributed by atoms with Crippen molar-refractivity contribution in [2.45, 2.75) is 64.0 Å². The van der Waals surface area contributed by atoms with E-state index in [1.165, 1.54) is 0 Å². The van der Waals surface area contributed by atoms with Gasteiger partial charge in [-0.2, -0.15) is 13.9 Å². The quantitative estimate of drug-likeness (QED) is 0.213. The number of Topliss-reactive ketones (excluding diaryl/α,β-unsaturated/α-hetero) is 1. The number of nitrogens with one attached hydrogen (secondary N) is 1. The van der Waals surface area contributed by atoms with Gasteiger partial charge in [0.2, 0.25) is 5.78 Å². The third-order valence-electron chi connectivity index (χ3n) is 8.25. The monoisotopic (exact) mass is 603 g/mol. The first kappa shape index (κ1) is 29.6. The summed E-state index contributed by atoms with van der Waals surface area (Å²) in [5.74, 6) is -3.63. The summed E-state index contributed by atoms with van der Waals surface area (Å²) in [6, 6.07) is 18.4. The number of ether oxygens (including phenoxy) is 3.